The highest BCUT2D eigenvalue weighted by Gasteiger charge is 2.37. The van der Waals surface area contributed by atoms with Crippen LogP contribution in [0, 0.1) is 0 Å². The van der Waals surface area contributed by atoms with Crippen molar-refractivity contribution in [2.24, 2.45) is 0 Å². The largest absolute Gasteiger partial charge is 0.573 e. The van der Waals surface area contributed by atoms with Crippen molar-refractivity contribution in [3.8, 4) is 5.75 Å². The highest BCUT2D eigenvalue weighted by atomic mass is 35.5. The van der Waals surface area contributed by atoms with Gasteiger partial charge >= 0.3 is 6.36 Å². The van der Waals surface area contributed by atoms with E-state index in [9.17, 15) is 26.4 Å². The molecule has 2 aromatic rings. The summed E-state index contributed by atoms with van der Waals surface area (Å²) in [5.41, 5.74) is 0.701. The van der Waals surface area contributed by atoms with Crippen LogP contribution in [0.1, 0.15) is 44.6 Å². The van der Waals surface area contributed by atoms with Gasteiger partial charge in [-0.2, -0.15) is 5.10 Å². The van der Waals surface area contributed by atoms with E-state index in [-0.39, 0.29) is 54.1 Å². The summed E-state index contributed by atoms with van der Waals surface area (Å²) < 4.78 is 72.7. The molecule has 5 rings (SSSR count). The summed E-state index contributed by atoms with van der Waals surface area (Å²) in [6.45, 7) is 0.337. The Morgan fingerprint density at radius 2 is 1.74 bits per heavy atom. The Labute approximate surface area is 229 Å². The Balaban J connectivity index is 1.22. The van der Waals surface area contributed by atoms with Gasteiger partial charge in [0.1, 0.15) is 16.0 Å². The van der Waals surface area contributed by atoms with Crippen LogP contribution in [0.3, 0.4) is 0 Å². The van der Waals surface area contributed by atoms with Crippen molar-refractivity contribution < 1.29 is 31.1 Å². The van der Waals surface area contributed by atoms with Gasteiger partial charge in [0.15, 0.2) is 9.84 Å². The quantitative estimate of drug-likeness (QED) is 0.489. The number of hydrogen-bond donors (Lipinski definition) is 1. The standard InChI is InChI=1S/C25H30ClF3N4O5S/c26-23-22(30-13-21-15-37-11-12-39(21,35)36)14-31-33(24(23)34)19-5-3-17(4-6-19)32(16-1-2-16)18-7-9-20(10-8-18)38-25(27,28)29/h7-10,14,16-17,19,21,30H,1-6,11-13,15H2/t17?,19?,21-/m1/s1. The van der Waals surface area contributed by atoms with E-state index in [1.807, 2.05) is 0 Å². The van der Waals surface area contributed by atoms with Crippen molar-refractivity contribution in [1.29, 1.82) is 0 Å². The number of halogens is 4. The summed E-state index contributed by atoms with van der Waals surface area (Å²) >= 11 is 6.36. The molecule has 0 bridgehead atoms. The van der Waals surface area contributed by atoms with Gasteiger partial charge in [-0.25, -0.2) is 13.1 Å². The molecule has 9 nitrogen and oxygen atoms in total. The molecule has 2 aliphatic carbocycles. The van der Waals surface area contributed by atoms with Gasteiger partial charge in [-0.15, -0.1) is 13.2 Å². The SMILES string of the molecule is O=c1c(Cl)c(NC[C@@H]2COCCS2(=O)=O)cnn1C1CCC(N(c2ccc(OC(F)(F)F)cc2)C2CC2)CC1. The minimum Gasteiger partial charge on any atom is -0.406 e. The second-order valence-electron chi connectivity index (χ2n) is 10.2. The second kappa shape index (κ2) is 11.2. The fourth-order valence-corrected chi connectivity index (χ4v) is 6.90. The zero-order chi connectivity index (χ0) is 27.8. The molecule has 2 heterocycles. The molecule has 1 aliphatic heterocycles. The molecule has 1 aromatic heterocycles. The third-order valence-corrected chi connectivity index (χ3v) is 9.92. The summed E-state index contributed by atoms with van der Waals surface area (Å²) in [6.07, 6.45) is 1.73. The van der Waals surface area contributed by atoms with Crippen molar-refractivity contribution in [3.63, 3.8) is 0 Å². The van der Waals surface area contributed by atoms with E-state index in [1.54, 1.807) is 12.1 Å². The number of aromatic nitrogens is 2. The van der Waals surface area contributed by atoms with Gasteiger partial charge in [-0.1, -0.05) is 11.6 Å². The van der Waals surface area contributed by atoms with Crippen LogP contribution >= 0.6 is 11.6 Å². The number of hydrogen-bond acceptors (Lipinski definition) is 8. The topological polar surface area (TPSA) is 103 Å². The van der Waals surface area contributed by atoms with E-state index in [2.05, 4.69) is 20.1 Å². The smallest absolute Gasteiger partial charge is 0.406 e. The number of rotatable bonds is 8. The lowest BCUT2D eigenvalue weighted by molar-refractivity contribution is -0.274. The summed E-state index contributed by atoms with van der Waals surface area (Å²) in [5, 5.41) is 6.52. The number of anilines is 2. The Bertz CT molecular complexity index is 1330. The molecule has 214 valence electrons. The number of benzene rings is 1. The van der Waals surface area contributed by atoms with Gasteiger partial charge in [0.25, 0.3) is 5.56 Å². The Kier molecular flexibility index (Phi) is 8.03. The fourth-order valence-electron chi connectivity index (χ4n) is 5.37. The normalized spacial score (nSPS) is 25.2. The molecule has 0 amide bonds. The van der Waals surface area contributed by atoms with Gasteiger partial charge in [-0.05, 0) is 62.8 Å². The maximum atomic E-state index is 13.0. The Hall–Kier alpha value is -2.51. The number of nitrogens with zero attached hydrogens (tertiary/aromatic N) is 3. The average molecular weight is 591 g/mol. The average Bonchev–Trinajstić information content (AvgIpc) is 3.72. The van der Waals surface area contributed by atoms with E-state index in [4.69, 9.17) is 16.3 Å². The van der Waals surface area contributed by atoms with Gasteiger partial charge in [0.05, 0.1) is 36.9 Å². The zero-order valence-electron chi connectivity index (χ0n) is 21.1. The van der Waals surface area contributed by atoms with Crippen LogP contribution in [0.2, 0.25) is 5.02 Å². The van der Waals surface area contributed by atoms with Crippen LogP contribution in [-0.2, 0) is 14.6 Å². The Morgan fingerprint density at radius 3 is 2.33 bits per heavy atom. The second-order valence-corrected chi connectivity index (χ2v) is 13.0. The van der Waals surface area contributed by atoms with Crippen LogP contribution in [0.4, 0.5) is 24.5 Å². The van der Waals surface area contributed by atoms with Crippen molar-refractivity contribution in [2.45, 2.75) is 68.3 Å². The van der Waals surface area contributed by atoms with Crippen molar-refractivity contribution in [1.82, 2.24) is 9.78 Å². The third-order valence-electron chi connectivity index (χ3n) is 7.50. The first-order valence-electron chi connectivity index (χ1n) is 13.0. The van der Waals surface area contributed by atoms with Crippen LogP contribution in [0.25, 0.3) is 0 Å². The first-order valence-corrected chi connectivity index (χ1v) is 15.1. The minimum absolute atomic E-state index is 0.0362. The predicted molar refractivity (Wildman–Crippen MR) is 140 cm³/mol. The molecular weight excluding hydrogens is 561 g/mol. The summed E-state index contributed by atoms with van der Waals surface area (Å²) in [4.78, 5) is 15.3. The summed E-state index contributed by atoms with van der Waals surface area (Å²) in [7, 11) is -3.28. The van der Waals surface area contributed by atoms with Gasteiger partial charge in [0, 0.05) is 24.3 Å². The maximum absolute atomic E-state index is 13.0. The summed E-state index contributed by atoms with van der Waals surface area (Å²) in [5.74, 6) is -0.286. The number of ether oxygens (including phenoxy) is 2. The molecule has 14 heteroatoms. The van der Waals surface area contributed by atoms with Gasteiger partial charge in [0.2, 0.25) is 0 Å². The van der Waals surface area contributed by atoms with E-state index >= 15 is 0 Å². The lowest BCUT2D eigenvalue weighted by Gasteiger charge is -2.39. The molecule has 2 saturated carbocycles. The van der Waals surface area contributed by atoms with E-state index in [1.165, 1.54) is 23.0 Å². The molecule has 3 aliphatic rings. The molecular formula is C25H30ClF3N4O5S. The number of nitrogens with one attached hydrogen (secondary N) is 1. The molecule has 1 saturated heterocycles. The van der Waals surface area contributed by atoms with Crippen LogP contribution in [0.5, 0.6) is 5.75 Å². The monoisotopic (exact) mass is 590 g/mol. The first-order chi connectivity index (χ1) is 18.5. The highest BCUT2D eigenvalue weighted by molar-refractivity contribution is 7.92. The lowest BCUT2D eigenvalue weighted by atomic mass is 9.89. The van der Waals surface area contributed by atoms with Crippen LogP contribution in [-0.4, -0.2) is 67.4 Å². The van der Waals surface area contributed by atoms with Crippen LogP contribution in [0.15, 0.2) is 35.3 Å². The Morgan fingerprint density at radius 1 is 1.10 bits per heavy atom. The van der Waals surface area contributed by atoms with Crippen molar-refractivity contribution >= 4 is 32.8 Å². The maximum Gasteiger partial charge on any atom is 0.573 e. The van der Waals surface area contributed by atoms with Gasteiger partial charge < -0.3 is 19.7 Å². The third kappa shape index (κ3) is 6.63. The molecule has 0 spiro atoms. The van der Waals surface area contributed by atoms with Crippen molar-refractivity contribution in [2.75, 3.05) is 35.7 Å². The van der Waals surface area contributed by atoms with Crippen LogP contribution < -0.4 is 20.5 Å². The molecule has 39 heavy (non-hydrogen) atoms. The number of alkyl halides is 3. The molecule has 1 N–H and O–H groups in total. The molecule has 1 aromatic carbocycles. The van der Waals surface area contributed by atoms with E-state index in [0.29, 0.717) is 18.9 Å². The first kappa shape index (κ1) is 28.0. The van der Waals surface area contributed by atoms with Gasteiger partial charge in [-0.3, -0.25) is 4.79 Å². The molecule has 1 atom stereocenters. The van der Waals surface area contributed by atoms with Crippen molar-refractivity contribution in [3.05, 3.63) is 45.8 Å². The fraction of sp³-hybridized carbons (Fsp3) is 0.600. The summed E-state index contributed by atoms with van der Waals surface area (Å²) in [6, 6.07) is 6.39. The molecule has 3 fully saturated rings. The molecule has 0 unspecified atom stereocenters. The zero-order valence-corrected chi connectivity index (χ0v) is 22.6. The highest BCUT2D eigenvalue weighted by Crippen LogP contribution is 2.40. The molecule has 0 radical (unpaired) electrons. The van der Waals surface area contributed by atoms with E-state index in [0.717, 1.165) is 31.4 Å². The number of sulfone groups is 1. The lowest BCUT2D eigenvalue weighted by Crippen LogP contribution is -2.42. The van der Waals surface area contributed by atoms with E-state index < -0.39 is 27.0 Å². The minimum atomic E-state index is -4.73. The predicted octanol–water partition coefficient (Wildman–Crippen LogP) is 4.17.